The molecule has 14 rings (SSSR count). The summed E-state index contributed by atoms with van der Waals surface area (Å²) in [7, 11) is 1.49. The summed E-state index contributed by atoms with van der Waals surface area (Å²) in [4.78, 5) is 108. The minimum absolute atomic E-state index is 0.00583. The predicted molar refractivity (Wildman–Crippen MR) is 454 cm³/mol. The zero-order valence-electron chi connectivity index (χ0n) is 68.0. The molecule has 7 amide bonds. The zero-order valence-corrected chi connectivity index (χ0v) is 71.0. The van der Waals surface area contributed by atoms with E-state index in [9.17, 15) is 60.8 Å². The number of carbonyl (C=O) groups excluding carboxylic acids is 7. The first-order chi connectivity index (χ1) is 59.5. The van der Waals surface area contributed by atoms with Gasteiger partial charge < -0.3 is 133 Å². The molecule has 7 aliphatic rings. The van der Waals surface area contributed by atoms with Crippen LogP contribution in [0.2, 0.25) is 20.1 Å². The van der Waals surface area contributed by atoms with Crippen LogP contribution in [0.1, 0.15) is 129 Å². The molecule has 7 aromatic carbocycles. The molecular formula is C85H96Cl4N14O22. The van der Waals surface area contributed by atoms with E-state index in [1.165, 1.54) is 49.5 Å². The minimum Gasteiger partial charge on any atom is -0.508 e. The number of aliphatic hydroxyl groups excluding tert-OH is 5. The fourth-order valence-electron chi connectivity index (χ4n) is 15.3. The number of phenolic OH excluding ortho intramolecular Hbond substituents is 3. The van der Waals surface area contributed by atoms with Crippen molar-refractivity contribution in [1.82, 2.24) is 47.9 Å². The SMILES string of the molecule is C=C1N[C@@H]2C(=O)N[C@@H](C(=O)NCCCCN)c3cc(O)cc(O)c3-c3cc(ccc3O)C1NC(=O)[C@@H]1NC(=O)[C@H](CC(N)=O)NC(=O)[C@H](NC(=O)[C@@H](CC(C)C)NC)[C@H](O)c3ccc(c(Cl)c3)Oc3cc1cc(c3OC1OC(CN=[N+]=[N-])C(O)C(O)C1OC1CC(C)(NCc3ccc(OCc4ccc(Cl)c(Cl)c4)cc3)C(O)C(C)O1)Oc1ccc(cc1Cl)[C@H]2O. The molecular weight excluding hydrogens is 1710 g/mol. The van der Waals surface area contributed by atoms with Crippen LogP contribution in [0, 0.1) is 5.92 Å². The minimum atomic E-state index is -2.26. The van der Waals surface area contributed by atoms with Gasteiger partial charge in [0.2, 0.25) is 53.4 Å². The van der Waals surface area contributed by atoms with Crippen LogP contribution in [-0.2, 0) is 60.9 Å². The predicted octanol–water partition coefficient (Wildman–Crippen LogP) is 6.90. The van der Waals surface area contributed by atoms with Crippen LogP contribution in [0.25, 0.3) is 21.6 Å². The zero-order chi connectivity index (χ0) is 90.2. The Bertz CT molecular complexity index is 5270. The second kappa shape index (κ2) is 40.5. The number of nitrogens with zero attached hydrogens (tertiary/aromatic N) is 3. The van der Waals surface area contributed by atoms with Crippen LogP contribution in [0.3, 0.4) is 0 Å². The number of nitrogens with two attached hydrogens (primary N) is 2. The quantitative estimate of drug-likeness (QED) is 0.0127. The van der Waals surface area contributed by atoms with Crippen LogP contribution in [0.4, 0.5) is 0 Å². The van der Waals surface area contributed by atoms with E-state index in [1.54, 1.807) is 44.2 Å². The number of likely N-dealkylation sites (N-methyl/N-ethyl adjacent to an activating group) is 1. The second-order valence-corrected chi connectivity index (χ2v) is 33.1. The van der Waals surface area contributed by atoms with Gasteiger partial charge in [0.25, 0.3) is 0 Å². The van der Waals surface area contributed by atoms with Crippen molar-refractivity contribution in [3.63, 3.8) is 0 Å². The van der Waals surface area contributed by atoms with Gasteiger partial charge >= 0.3 is 0 Å². The fraction of sp³-hybridized carbons (Fsp3) is 0.400. The van der Waals surface area contributed by atoms with Crippen molar-refractivity contribution < 1.29 is 108 Å². The number of halogens is 4. The second-order valence-electron chi connectivity index (χ2n) is 31.5. The molecule has 21 N–H and O–H groups in total. The highest BCUT2D eigenvalue weighted by atomic mass is 35.5. The number of hydrogen-bond donors (Lipinski definition) is 19. The molecule has 7 aromatic rings. The number of carbonyl (C=O) groups is 7. The lowest BCUT2D eigenvalue weighted by atomic mass is 9.84. The average molecular weight is 1810 g/mol. The summed E-state index contributed by atoms with van der Waals surface area (Å²) in [5.41, 5.74) is 19.5. The summed E-state index contributed by atoms with van der Waals surface area (Å²) in [5, 5.41) is 126. The number of unbranched alkanes of at least 4 members (excludes halogenated alkanes) is 1. The lowest BCUT2D eigenvalue weighted by Gasteiger charge is -2.48. The van der Waals surface area contributed by atoms with Crippen molar-refractivity contribution in [3.05, 3.63) is 203 Å². The number of ether oxygens (including phenoxy) is 7. The van der Waals surface area contributed by atoms with Gasteiger partial charge in [0.15, 0.2) is 23.9 Å². The maximum atomic E-state index is 16.5. The van der Waals surface area contributed by atoms with E-state index in [4.69, 9.17) is 91.0 Å². The first-order valence-electron chi connectivity index (χ1n) is 39.9. The van der Waals surface area contributed by atoms with Gasteiger partial charge in [-0.3, -0.25) is 33.6 Å². The van der Waals surface area contributed by atoms with Gasteiger partial charge in [0.05, 0.1) is 63.5 Å². The van der Waals surface area contributed by atoms with Gasteiger partial charge in [0, 0.05) is 52.9 Å². The molecule has 2 fully saturated rings. The van der Waals surface area contributed by atoms with Crippen molar-refractivity contribution in [3.8, 4) is 62.9 Å². The van der Waals surface area contributed by atoms with Gasteiger partial charge in [0.1, 0.15) is 95.7 Å². The molecule has 36 nitrogen and oxygen atoms in total. The number of phenols is 3. The molecule has 7 aliphatic heterocycles. The van der Waals surface area contributed by atoms with E-state index in [0.717, 1.165) is 47.5 Å². The molecule has 0 saturated carbocycles. The summed E-state index contributed by atoms with van der Waals surface area (Å²) in [5.74, 6) is -12.0. The smallest absolute Gasteiger partial charge is 0.248 e. The summed E-state index contributed by atoms with van der Waals surface area (Å²) in [6, 6.07) is 14.4. The van der Waals surface area contributed by atoms with Crippen molar-refractivity contribution in [2.24, 2.45) is 22.5 Å². The number of azide groups is 1. The fourth-order valence-corrected chi connectivity index (χ4v) is 16.0. The number of hydrogen-bond acceptors (Lipinski definition) is 27. The molecule has 125 heavy (non-hydrogen) atoms. The number of fused-ring (bicyclic) bond motifs is 15. The van der Waals surface area contributed by atoms with Gasteiger partial charge in [-0.05, 0) is 176 Å². The molecule has 0 spiro atoms. The third-order valence-corrected chi connectivity index (χ3v) is 23.3. The first-order valence-corrected chi connectivity index (χ1v) is 41.4. The lowest BCUT2D eigenvalue weighted by Crippen LogP contribution is -2.65. The third-order valence-electron chi connectivity index (χ3n) is 22.0. The highest BCUT2D eigenvalue weighted by molar-refractivity contribution is 6.42. The number of primary amides is 1. The Morgan fingerprint density at radius 2 is 1.38 bits per heavy atom. The van der Waals surface area contributed by atoms with Crippen molar-refractivity contribution in [2.45, 2.75) is 182 Å². The van der Waals surface area contributed by atoms with Crippen LogP contribution in [-0.4, -0.2) is 188 Å². The third kappa shape index (κ3) is 21.8. The van der Waals surface area contributed by atoms with E-state index in [0.29, 0.717) is 28.6 Å². The van der Waals surface area contributed by atoms with E-state index < -0.39 is 204 Å². The molecule has 666 valence electrons. The first kappa shape index (κ1) is 93.2. The van der Waals surface area contributed by atoms with Crippen LogP contribution in [0.15, 0.2) is 139 Å². The summed E-state index contributed by atoms with van der Waals surface area (Å²) >= 11 is 26.9. The van der Waals surface area contributed by atoms with E-state index in [2.05, 4.69) is 64.5 Å². The van der Waals surface area contributed by atoms with Gasteiger partial charge in [-0.1, -0.05) is 108 Å². The summed E-state index contributed by atoms with van der Waals surface area (Å²) in [6.45, 7) is 11.2. The van der Waals surface area contributed by atoms with Crippen LogP contribution >= 0.6 is 46.4 Å². The molecule has 11 bridgehead atoms. The normalized spacial score (nSPS) is 25.9. The Balaban J connectivity index is 1.03. The summed E-state index contributed by atoms with van der Waals surface area (Å²) in [6.07, 6.45) is -17.7. The van der Waals surface area contributed by atoms with Gasteiger partial charge in [-0.15, -0.1) is 0 Å². The van der Waals surface area contributed by atoms with E-state index in [1.807, 2.05) is 26.0 Å². The van der Waals surface area contributed by atoms with Gasteiger partial charge in [-0.2, -0.15) is 0 Å². The number of aliphatic hydroxyl groups is 5. The molecule has 2 saturated heterocycles. The van der Waals surface area contributed by atoms with Crippen molar-refractivity contribution >= 4 is 87.8 Å². The van der Waals surface area contributed by atoms with Crippen LogP contribution < -0.4 is 78.3 Å². The Hall–Kier alpha value is -11.0. The Kier molecular flexibility index (Phi) is 30.2. The molecule has 0 aromatic heterocycles. The maximum absolute atomic E-state index is 16.5. The molecule has 0 aliphatic carbocycles. The van der Waals surface area contributed by atoms with Gasteiger partial charge in [-0.25, -0.2) is 0 Å². The lowest BCUT2D eigenvalue weighted by molar-refractivity contribution is -0.331. The molecule has 7 heterocycles. The monoisotopic (exact) mass is 1800 g/mol. The average Bonchev–Trinajstić information content (AvgIpc) is 0.764. The molecule has 18 atom stereocenters. The van der Waals surface area contributed by atoms with Crippen molar-refractivity contribution in [2.75, 3.05) is 26.7 Å². The molecule has 10 unspecified atom stereocenters. The highest BCUT2D eigenvalue weighted by Gasteiger charge is 2.52. The number of aromatic hydroxyl groups is 3. The van der Waals surface area contributed by atoms with Crippen molar-refractivity contribution in [1.29, 1.82) is 0 Å². The largest absolute Gasteiger partial charge is 0.508 e. The highest BCUT2D eigenvalue weighted by Crippen LogP contribution is 2.50. The maximum Gasteiger partial charge on any atom is 0.248 e. The standard InChI is InChI=1S/C85H96Cl4N14O22/c1-37(2)23-54(93-6)78(113)102-70-72(109)44-14-20-59(53(89)27-44)122-61-29-45-28-60(75(61)125-84-76(74(111)73(110)62(123-84)35-96-103-92)124-64-33-85(5,77(112)39(4)120-64)95-34-40-9-15-47(16-10-40)119-36-41-11-17-50(86)51(87)24-41)121-58-19-13-43(26-52(58)88)71(108)69-83(118)101-68(80(115)94-22-8-7-21-90)49-30-46(104)31-57(106)65(49)48-25-42(12-18-56(48)105)66(38(3)97-69)99-81(116)67(45)100-79(114)55(32-63(91)107)98-82(70)117/h9-20,24-31,37,39,54-55,62,64,66-74,76-77,84,93,95,97,104-106,108-112H,3,7-8,21-23,32-36,90H2,1-2,4-6H3,(H2,91,107)(H,94,115)(H,98,117)(H,99,116)(H,100,114)(H,101,118)(H,102,113)/t39?,54-,55+,62?,64?,66?,67-,68-,69+,70-,71-,72-,73?,74?,76?,77?,84?,85?/m1/s1. The van der Waals surface area contributed by atoms with E-state index in [-0.39, 0.29) is 106 Å². The number of nitrogens with one attached hydrogen (secondary N) is 9. The Labute approximate surface area is 736 Å². The number of benzene rings is 7. The van der Waals surface area contributed by atoms with Crippen LogP contribution in [0.5, 0.6) is 51.7 Å². The van der Waals surface area contributed by atoms with E-state index >= 15 is 19.2 Å². The molecule has 40 heteroatoms. The topological polar surface area (TPSA) is 555 Å². The summed E-state index contributed by atoms with van der Waals surface area (Å²) < 4.78 is 46.2. The molecule has 0 radical (unpaired) electrons. The number of amides is 7. The Morgan fingerprint density at radius 1 is 0.712 bits per heavy atom. The Morgan fingerprint density at radius 3 is 2.02 bits per heavy atom. The number of rotatable bonds is 24.